The summed E-state index contributed by atoms with van der Waals surface area (Å²) in [4.78, 5) is 58.9. The summed E-state index contributed by atoms with van der Waals surface area (Å²) in [5.74, 6) is 4.36. The lowest BCUT2D eigenvalue weighted by molar-refractivity contribution is -0.136. The summed E-state index contributed by atoms with van der Waals surface area (Å²) in [6.07, 6.45) is 6.60. The standard InChI is InChI=1S/C59H68ClF3N8O8S2/c1-58(2)24-23-49(42-10-14-46(60)15-11-42)45(38-58)39-69-32-34-70(35-33-69)47-16-12-43(13-17-47)55(73)66-81(78,79)48-18-20-51(53(37-48)80(76,77)59(61,62)63)64-25-7-27-68-30-28-67(29-31-68)26-6-4-3-5-8-41-9-19-50-44(36-41)40-71(57(50)75)52-21-22-54(72)65-56(52)74/h9-20,36-37,52,64H,3-4,6-7,21-35,38-40H2,1-2H3,(H,66,73)(H,65,72,74). The van der Waals surface area contributed by atoms with E-state index in [1.54, 1.807) is 24.3 Å². The molecule has 4 aliphatic heterocycles. The summed E-state index contributed by atoms with van der Waals surface area (Å²) in [7, 11) is -10.9. The number of carbonyl (C=O) groups is 4. The number of benzene rings is 4. The number of halogens is 4. The minimum atomic E-state index is -6.02. The molecule has 0 bridgehead atoms. The molecule has 22 heteroatoms. The van der Waals surface area contributed by atoms with Crippen LogP contribution in [-0.4, -0.2) is 150 Å². The fourth-order valence-electron chi connectivity index (χ4n) is 11.4. The first-order chi connectivity index (χ1) is 38.5. The molecule has 0 aromatic heterocycles. The summed E-state index contributed by atoms with van der Waals surface area (Å²) < 4.78 is 96.8. The van der Waals surface area contributed by atoms with E-state index in [0.717, 1.165) is 126 Å². The van der Waals surface area contributed by atoms with Crippen LogP contribution in [0.3, 0.4) is 0 Å². The van der Waals surface area contributed by atoms with Crippen molar-refractivity contribution in [2.24, 2.45) is 5.41 Å². The number of rotatable bonds is 18. The van der Waals surface area contributed by atoms with Crippen molar-refractivity contribution < 1.29 is 49.2 Å². The number of imide groups is 1. The molecule has 3 fully saturated rings. The van der Waals surface area contributed by atoms with Gasteiger partial charge in [-0.2, -0.15) is 13.2 Å². The third kappa shape index (κ3) is 14.5. The second-order valence-electron chi connectivity index (χ2n) is 22.3. The average Bonchev–Trinajstić information content (AvgIpc) is 3.92. The predicted molar refractivity (Wildman–Crippen MR) is 305 cm³/mol. The molecule has 3 saturated heterocycles. The van der Waals surface area contributed by atoms with Gasteiger partial charge in [0.05, 0.1) is 10.6 Å². The molecule has 1 atom stereocenters. The molecule has 9 rings (SSSR count). The number of fused-ring (bicyclic) bond motifs is 1. The van der Waals surface area contributed by atoms with E-state index >= 15 is 0 Å². The maximum Gasteiger partial charge on any atom is 0.501 e. The number of nitrogens with zero attached hydrogens (tertiary/aromatic N) is 5. The van der Waals surface area contributed by atoms with E-state index in [1.807, 2.05) is 22.9 Å². The average molecular weight is 1170 g/mol. The molecular formula is C59H68ClF3N8O8S2. The van der Waals surface area contributed by atoms with Gasteiger partial charge >= 0.3 is 5.51 Å². The molecule has 0 saturated carbocycles. The Hall–Kier alpha value is -6.28. The molecule has 81 heavy (non-hydrogen) atoms. The summed E-state index contributed by atoms with van der Waals surface area (Å²) in [5.41, 5.74) is 1.05. The first-order valence-electron chi connectivity index (χ1n) is 27.6. The minimum Gasteiger partial charge on any atom is -0.384 e. The lowest BCUT2D eigenvalue weighted by Crippen LogP contribution is -2.52. The summed E-state index contributed by atoms with van der Waals surface area (Å²) in [5, 5.41) is 5.80. The van der Waals surface area contributed by atoms with E-state index in [9.17, 15) is 49.2 Å². The number of unbranched alkanes of at least 4 members (excludes halogenated alkanes) is 2. The molecule has 16 nitrogen and oxygen atoms in total. The van der Waals surface area contributed by atoms with Crippen molar-refractivity contribution >= 4 is 72.0 Å². The van der Waals surface area contributed by atoms with Crippen LogP contribution in [0.25, 0.3) is 5.57 Å². The van der Waals surface area contributed by atoms with Crippen LogP contribution in [-0.2, 0) is 36.0 Å². The highest BCUT2D eigenvalue weighted by Gasteiger charge is 2.48. The van der Waals surface area contributed by atoms with Crippen molar-refractivity contribution in [1.82, 2.24) is 29.6 Å². The number of nitrogens with one attached hydrogen (secondary N) is 3. The SMILES string of the molecule is CC1(C)CCC(c2ccc(Cl)cc2)=C(CN2CCN(c3ccc(C(=O)NS(=O)(=O)c4ccc(NCCCN5CCN(CCCCC#Cc6ccc7c(c6)CN(C6CCC(=O)NC6=O)C7=O)CC5)c(S(=O)(=O)C(F)(F)F)c4)cc3)CC2)C1. The van der Waals surface area contributed by atoms with Gasteiger partial charge in [-0.15, -0.1) is 0 Å². The minimum absolute atomic E-state index is 0.0118. The van der Waals surface area contributed by atoms with Crippen LogP contribution in [0.15, 0.2) is 100 Å². The number of amides is 4. The number of sulfonamides is 1. The number of carbonyl (C=O) groups excluding carboxylic acids is 4. The highest BCUT2D eigenvalue weighted by Crippen LogP contribution is 2.43. The van der Waals surface area contributed by atoms with Crippen LogP contribution in [0.5, 0.6) is 0 Å². The topological polar surface area (TPSA) is 189 Å². The highest BCUT2D eigenvalue weighted by molar-refractivity contribution is 7.92. The van der Waals surface area contributed by atoms with E-state index in [-0.39, 0.29) is 35.8 Å². The first-order valence-corrected chi connectivity index (χ1v) is 30.9. The molecule has 4 amide bonds. The molecule has 0 spiro atoms. The number of alkyl halides is 3. The van der Waals surface area contributed by atoms with Crippen molar-refractivity contribution in [2.45, 2.75) is 99.5 Å². The maximum atomic E-state index is 14.0. The van der Waals surface area contributed by atoms with Gasteiger partial charge in [0.25, 0.3) is 31.7 Å². The van der Waals surface area contributed by atoms with Gasteiger partial charge in [0, 0.05) is 112 Å². The normalized spacial score (nSPS) is 19.5. The van der Waals surface area contributed by atoms with Gasteiger partial charge in [0.2, 0.25) is 11.8 Å². The summed E-state index contributed by atoms with van der Waals surface area (Å²) in [6.45, 7) is 13.6. The molecule has 5 aliphatic rings. The third-order valence-electron chi connectivity index (χ3n) is 15.9. The number of piperidine rings is 1. The van der Waals surface area contributed by atoms with Gasteiger partial charge in [0.1, 0.15) is 10.9 Å². The maximum absolute atomic E-state index is 14.0. The zero-order valence-electron chi connectivity index (χ0n) is 45.5. The van der Waals surface area contributed by atoms with Crippen LogP contribution in [0.1, 0.15) is 109 Å². The summed E-state index contributed by atoms with van der Waals surface area (Å²) >= 11 is 6.19. The van der Waals surface area contributed by atoms with Crippen LogP contribution >= 0.6 is 11.6 Å². The number of piperazine rings is 2. The molecule has 4 heterocycles. The monoisotopic (exact) mass is 1170 g/mol. The van der Waals surface area contributed by atoms with Gasteiger partial charge in [-0.05, 0) is 153 Å². The smallest absolute Gasteiger partial charge is 0.384 e. The fourth-order valence-corrected chi connectivity index (χ4v) is 13.5. The van der Waals surface area contributed by atoms with Gasteiger partial charge in [-0.25, -0.2) is 21.6 Å². The van der Waals surface area contributed by atoms with Gasteiger partial charge in [-0.1, -0.05) is 55.0 Å². The van der Waals surface area contributed by atoms with Crippen molar-refractivity contribution in [1.29, 1.82) is 0 Å². The molecule has 432 valence electrons. The second-order valence-corrected chi connectivity index (χ2v) is 26.3. The second kappa shape index (κ2) is 25.1. The lowest BCUT2D eigenvalue weighted by Gasteiger charge is -2.39. The molecule has 1 aliphatic carbocycles. The van der Waals surface area contributed by atoms with Gasteiger partial charge < -0.3 is 24.9 Å². The first kappa shape index (κ1) is 59.3. The van der Waals surface area contributed by atoms with E-state index in [0.29, 0.717) is 49.0 Å². The molecule has 3 N–H and O–H groups in total. The highest BCUT2D eigenvalue weighted by atomic mass is 35.5. The van der Waals surface area contributed by atoms with E-state index < -0.39 is 58.7 Å². The number of allylic oxidation sites excluding steroid dienone is 1. The third-order valence-corrected chi connectivity index (χ3v) is 19.0. The molecule has 0 radical (unpaired) electrons. The number of sulfone groups is 1. The fraction of sp³-hybridized carbons (Fsp3) is 0.458. The molecule has 1 unspecified atom stereocenters. The van der Waals surface area contributed by atoms with Crippen LogP contribution in [0.2, 0.25) is 5.02 Å². The Morgan fingerprint density at radius 3 is 2.16 bits per heavy atom. The van der Waals surface area contributed by atoms with Crippen LogP contribution in [0.4, 0.5) is 24.5 Å². The Balaban J connectivity index is 0.706. The number of hydrogen-bond donors (Lipinski definition) is 3. The Kier molecular flexibility index (Phi) is 18.4. The van der Waals surface area contributed by atoms with Gasteiger partial charge in [-0.3, -0.25) is 29.4 Å². The summed E-state index contributed by atoms with van der Waals surface area (Å²) in [6, 6.07) is 21.5. The largest absolute Gasteiger partial charge is 0.501 e. The van der Waals surface area contributed by atoms with Crippen LogP contribution < -0.4 is 20.3 Å². The Morgan fingerprint density at radius 2 is 1.48 bits per heavy atom. The van der Waals surface area contributed by atoms with E-state index in [2.05, 4.69) is 68.1 Å². The molecule has 4 aromatic rings. The predicted octanol–water partition coefficient (Wildman–Crippen LogP) is 7.94. The Bertz CT molecular complexity index is 3350. The van der Waals surface area contributed by atoms with Crippen molar-refractivity contribution in [3.05, 3.63) is 123 Å². The lowest BCUT2D eigenvalue weighted by atomic mass is 9.73. The zero-order valence-corrected chi connectivity index (χ0v) is 47.9. The number of anilines is 2. The Morgan fingerprint density at radius 1 is 0.802 bits per heavy atom. The molecule has 4 aromatic carbocycles. The van der Waals surface area contributed by atoms with Crippen molar-refractivity contribution in [3.8, 4) is 11.8 Å². The number of hydrogen-bond acceptors (Lipinski definition) is 13. The van der Waals surface area contributed by atoms with Crippen molar-refractivity contribution in [2.75, 3.05) is 88.8 Å². The molecular weight excluding hydrogens is 1110 g/mol. The van der Waals surface area contributed by atoms with E-state index in [4.69, 9.17) is 11.6 Å². The van der Waals surface area contributed by atoms with Gasteiger partial charge in [0.15, 0.2) is 0 Å². The van der Waals surface area contributed by atoms with Crippen molar-refractivity contribution in [3.63, 3.8) is 0 Å². The zero-order chi connectivity index (χ0) is 57.7. The van der Waals surface area contributed by atoms with E-state index in [1.165, 1.54) is 33.7 Å². The quantitative estimate of drug-likeness (QED) is 0.0496. The van der Waals surface area contributed by atoms with Crippen LogP contribution in [0, 0.1) is 17.3 Å². The Labute approximate surface area is 477 Å².